The lowest BCUT2D eigenvalue weighted by Crippen LogP contribution is -2.46. The van der Waals surface area contributed by atoms with Crippen molar-refractivity contribution in [1.29, 1.82) is 0 Å². The number of hydrogen-bond acceptors (Lipinski definition) is 3. The van der Waals surface area contributed by atoms with Gasteiger partial charge in [-0.05, 0) is 91.8 Å². The molecule has 4 nitrogen and oxygen atoms in total. The number of nitrogens with two attached hydrogens (primary N) is 1. The van der Waals surface area contributed by atoms with Crippen LogP contribution in [0.1, 0.15) is 63.4 Å². The Morgan fingerprint density at radius 3 is 2.51 bits per heavy atom. The number of nitrogens with zero attached hydrogens (tertiary/aromatic N) is 1. The molecule has 3 N–H and O–H groups in total. The summed E-state index contributed by atoms with van der Waals surface area (Å²) in [5.41, 5.74) is 18.0. The monoisotopic (exact) mass is 467 g/mol. The third-order valence-electron chi connectivity index (χ3n) is 7.70. The van der Waals surface area contributed by atoms with Crippen LogP contribution in [-0.2, 0) is 24.1 Å². The summed E-state index contributed by atoms with van der Waals surface area (Å²) in [5, 5.41) is 3.34. The Morgan fingerprint density at radius 2 is 1.77 bits per heavy atom. The summed E-state index contributed by atoms with van der Waals surface area (Å²) in [6.07, 6.45) is 4.69. The Kier molecular flexibility index (Phi) is 6.66. The van der Waals surface area contributed by atoms with Crippen molar-refractivity contribution < 1.29 is 4.79 Å². The minimum atomic E-state index is -0.559. The van der Waals surface area contributed by atoms with E-state index in [1.165, 1.54) is 56.6 Å². The highest BCUT2D eigenvalue weighted by Crippen LogP contribution is 2.41. The minimum Gasteiger partial charge on any atom is -0.371 e. The van der Waals surface area contributed by atoms with Crippen molar-refractivity contribution in [2.75, 3.05) is 18.0 Å². The zero-order valence-corrected chi connectivity index (χ0v) is 21.2. The van der Waals surface area contributed by atoms with Gasteiger partial charge in [-0.3, -0.25) is 4.79 Å². The lowest BCUT2D eigenvalue weighted by Gasteiger charge is -2.41. The quantitative estimate of drug-likeness (QED) is 0.531. The zero-order chi connectivity index (χ0) is 24.5. The van der Waals surface area contributed by atoms with E-state index in [0.29, 0.717) is 6.42 Å². The van der Waals surface area contributed by atoms with Gasteiger partial charge in [-0.1, -0.05) is 60.2 Å². The second-order valence-corrected chi connectivity index (χ2v) is 10.5. The maximum atomic E-state index is 13.3. The third-order valence-corrected chi connectivity index (χ3v) is 7.70. The van der Waals surface area contributed by atoms with E-state index < -0.39 is 6.04 Å². The van der Waals surface area contributed by atoms with Gasteiger partial charge in [0.1, 0.15) is 0 Å². The number of carbonyl (C=O) groups excluding carboxylic acids is 1. The Bertz CT molecular complexity index is 1210. The Morgan fingerprint density at radius 1 is 1.03 bits per heavy atom. The largest absolute Gasteiger partial charge is 0.371 e. The molecule has 2 unspecified atom stereocenters. The molecule has 0 aliphatic carbocycles. The summed E-state index contributed by atoms with van der Waals surface area (Å²) in [6, 6.07) is 19.1. The Labute approximate surface area is 209 Å². The van der Waals surface area contributed by atoms with E-state index in [1.54, 1.807) is 0 Å². The predicted molar refractivity (Wildman–Crippen MR) is 144 cm³/mol. The van der Waals surface area contributed by atoms with Crippen LogP contribution in [-0.4, -0.2) is 25.0 Å². The van der Waals surface area contributed by atoms with E-state index in [-0.39, 0.29) is 11.9 Å². The van der Waals surface area contributed by atoms with E-state index in [0.717, 1.165) is 32.4 Å². The highest BCUT2D eigenvalue weighted by atomic mass is 16.2. The first-order valence-corrected chi connectivity index (χ1v) is 13.0. The number of nitrogens with one attached hydrogen (secondary N) is 1. The molecule has 4 heteroatoms. The predicted octanol–water partition coefficient (Wildman–Crippen LogP) is 5.09. The van der Waals surface area contributed by atoms with Gasteiger partial charge in [-0.15, -0.1) is 0 Å². The maximum absolute atomic E-state index is 13.3. The summed E-state index contributed by atoms with van der Waals surface area (Å²) in [7, 11) is 0. The molecule has 0 radical (unpaired) electrons. The third kappa shape index (κ3) is 4.99. The maximum Gasteiger partial charge on any atom is 0.237 e. The number of amides is 1. The van der Waals surface area contributed by atoms with Crippen molar-refractivity contribution in [3.05, 3.63) is 99.1 Å². The highest BCUT2D eigenvalue weighted by molar-refractivity contribution is 5.83. The van der Waals surface area contributed by atoms with E-state index in [4.69, 9.17) is 5.73 Å². The van der Waals surface area contributed by atoms with Crippen molar-refractivity contribution >= 4 is 11.6 Å². The van der Waals surface area contributed by atoms with Crippen molar-refractivity contribution in [3.8, 4) is 0 Å². The molecule has 2 atom stereocenters. The Balaban J connectivity index is 1.38. The van der Waals surface area contributed by atoms with Crippen LogP contribution in [0.15, 0.2) is 54.6 Å². The molecule has 0 fully saturated rings. The van der Waals surface area contributed by atoms with E-state index in [9.17, 15) is 4.79 Å². The summed E-state index contributed by atoms with van der Waals surface area (Å²) in [6.45, 7) is 8.41. The van der Waals surface area contributed by atoms with E-state index in [1.807, 2.05) is 0 Å². The lowest BCUT2D eigenvalue weighted by atomic mass is 9.86. The second-order valence-electron chi connectivity index (χ2n) is 10.5. The van der Waals surface area contributed by atoms with Gasteiger partial charge in [0.05, 0.1) is 12.1 Å². The van der Waals surface area contributed by atoms with Crippen LogP contribution in [0.3, 0.4) is 0 Å². The van der Waals surface area contributed by atoms with Crippen molar-refractivity contribution in [2.24, 2.45) is 5.73 Å². The molecule has 182 valence electrons. The standard InChI is InChI=1S/C31H37N3O/c1-20-14-21(2)26(22(3)15-20)19-28(32)31(35)33-29-11-13-34-12-7-10-25-17-24(18-27(29)30(25)34)16-23-8-5-4-6-9-23/h4-6,8-9,14-15,17-18,28-29H,7,10-13,16,19,32H2,1-3H3,(H,33,35). The highest BCUT2D eigenvalue weighted by Gasteiger charge is 2.32. The second kappa shape index (κ2) is 9.87. The first kappa shape index (κ1) is 23.6. The number of carbonyl (C=O) groups is 1. The molecule has 0 saturated heterocycles. The van der Waals surface area contributed by atoms with Crippen molar-refractivity contribution in [3.63, 3.8) is 0 Å². The molecule has 1 amide bonds. The fourth-order valence-corrected chi connectivity index (χ4v) is 6.07. The van der Waals surface area contributed by atoms with Gasteiger partial charge in [0.2, 0.25) is 5.91 Å². The number of aryl methyl sites for hydroxylation is 4. The van der Waals surface area contributed by atoms with E-state index >= 15 is 0 Å². The fourth-order valence-electron chi connectivity index (χ4n) is 6.07. The van der Waals surface area contributed by atoms with Gasteiger partial charge < -0.3 is 16.0 Å². The van der Waals surface area contributed by atoms with Gasteiger partial charge in [-0.2, -0.15) is 0 Å². The van der Waals surface area contributed by atoms with Gasteiger partial charge in [-0.25, -0.2) is 0 Å². The van der Waals surface area contributed by atoms with Gasteiger partial charge in [0.25, 0.3) is 0 Å². The number of benzene rings is 3. The summed E-state index contributed by atoms with van der Waals surface area (Å²) >= 11 is 0. The molecular weight excluding hydrogens is 430 g/mol. The van der Waals surface area contributed by atoms with Crippen LogP contribution < -0.4 is 16.0 Å². The van der Waals surface area contributed by atoms with Crippen molar-refractivity contribution in [1.82, 2.24) is 5.32 Å². The normalized spacial score (nSPS) is 17.6. The van der Waals surface area contributed by atoms with Crippen molar-refractivity contribution in [2.45, 2.75) is 65.0 Å². The molecule has 0 saturated carbocycles. The molecule has 0 bridgehead atoms. The molecule has 35 heavy (non-hydrogen) atoms. The smallest absolute Gasteiger partial charge is 0.237 e. The van der Waals surface area contributed by atoms with Crippen LogP contribution >= 0.6 is 0 Å². The van der Waals surface area contributed by atoms with E-state index in [2.05, 4.69) is 85.6 Å². The molecule has 5 rings (SSSR count). The first-order chi connectivity index (χ1) is 16.9. The molecule has 2 aliphatic heterocycles. The molecule has 3 aromatic rings. The van der Waals surface area contributed by atoms with Crippen LogP contribution in [0, 0.1) is 20.8 Å². The zero-order valence-electron chi connectivity index (χ0n) is 21.2. The Hall–Kier alpha value is -3.11. The fraction of sp³-hybridized carbons (Fsp3) is 0.387. The molecule has 2 aliphatic rings. The van der Waals surface area contributed by atoms with Gasteiger partial charge in [0, 0.05) is 18.8 Å². The van der Waals surface area contributed by atoms with Gasteiger partial charge >= 0.3 is 0 Å². The van der Waals surface area contributed by atoms with Crippen LogP contribution in [0.2, 0.25) is 0 Å². The molecule has 3 aromatic carbocycles. The molecule has 0 aromatic heterocycles. The van der Waals surface area contributed by atoms with Gasteiger partial charge in [0.15, 0.2) is 0 Å². The minimum absolute atomic E-state index is 0.00702. The molecular formula is C31H37N3O. The average molecular weight is 468 g/mol. The summed E-state index contributed by atoms with van der Waals surface area (Å²) in [4.78, 5) is 15.8. The lowest BCUT2D eigenvalue weighted by molar-refractivity contribution is -0.123. The number of hydrogen-bond donors (Lipinski definition) is 2. The summed E-state index contributed by atoms with van der Waals surface area (Å²) in [5.74, 6) is -0.0548. The number of rotatable bonds is 6. The molecule has 0 spiro atoms. The van der Waals surface area contributed by atoms with Crippen LogP contribution in [0.5, 0.6) is 0 Å². The number of anilines is 1. The topological polar surface area (TPSA) is 58.4 Å². The van der Waals surface area contributed by atoms with Crippen LogP contribution in [0.25, 0.3) is 0 Å². The summed E-state index contributed by atoms with van der Waals surface area (Å²) < 4.78 is 0. The average Bonchev–Trinajstić information content (AvgIpc) is 2.83. The first-order valence-electron chi connectivity index (χ1n) is 13.0. The SMILES string of the molecule is Cc1cc(C)c(CC(N)C(=O)NC2CCN3CCCc4cc(Cc5ccccc5)cc2c43)c(C)c1. The molecule has 2 heterocycles. The van der Waals surface area contributed by atoms with Crippen LogP contribution in [0.4, 0.5) is 5.69 Å².